The van der Waals surface area contributed by atoms with Crippen molar-refractivity contribution in [1.29, 1.82) is 5.26 Å². The van der Waals surface area contributed by atoms with Gasteiger partial charge < -0.3 is 4.74 Å². The van der Waals surface area contributed by atoms with Crippen molar-refractivity contribution in [2.45, 2.75) is 6.92 Å². The van der Waals surface area contributed by atoms with E-state index < -0.39 is 0 Å². The maximum atomic E-state index is 11.7. The molecule has 0 unspecified atom stereocenters. The van der Waals surface area contributed by atoms with Gasteiger partial charge in [-0.15, -0.1) is 11.3 Å². The van der Waals surface area contributed by atoms with Gasteiger partial charge in [-0.3, -0.25) is 0 Å². The molecule has 5 nitrogen and oxygen atoms in total. The fourth-order valence-electron chi connectivity index (χ4n) is 2.15. The number of rotatable bonds is 4. The number of nitriles is 1. The monoisotopic (exact) mass is 323 g/mol. The van der Waals surface area contributed by atoms with Gasteiger partial charge in [0.1, 0.15) is 11.8 Å². The molecule has 0 bridgehead atoms. The van der Waals surface area contributed by atoms with Gasteiger partial charge in [0.15, 0.2) is 0 Å². The Kier molecular flexibility index (Phi) is 4.22. The largest absolute Gasteiger partial charge is 0.462 e. The summed E-state index contributed by atoms with van der Waals surface area (Å²) in [6.07, 6.45) is 1.69. The number of carbonyl (C=O) groups is 1. The summed E-state index contributed by atoms with van der Waals surface area (Å²) in [5.41, 5.74) is 2.44. The molecule has 1 aromatic carbocycles. The maximum Gasteiger partial charge on any atom is 0.338 e. The second kappa shape index (κ2) is 6.46. The summed E-state index contributed by atoms with van der Waals surface area (Å²) in [5, 5.41) is 15.7. The molecule has 0 fully saturated rings. The van der Waals surface area contributed by atoms with Crippen molar-refractivity contribution in [3.8, 4) is 22.3 Å². The lowest BCUT2D eigenvalue weighted by atomic mass is 10.2. The van der Waals surface area contributed by atoms with Crippen molar-refractivity contribution in [2.75, 3.05) is 6.61 Å². The Morgan fingerprint density at radius 1 is 1.35 bits per heavy atom. The lowest BCUT2D eigenvalue weighted by Gasteiger charge is -2.04. The number of carbonyl (C=O) groups excluding carboxylic acids is 1. The zero-order valence-corrected chi connectivity index (χ0v) is 13.2. The summed E-state index contributed by atoms with van der Waals surface area (Å²) in [6, 6.07) is 13.0. The summed E-state index contributed by atoms with van der Waals surface area (Å²) < 4.78 is 6.60. The molecule has 6 heteroatoms. The molecule has 2 heterocycles. The van der Waals surface area contributed by atoms with E-state index in [0.29, 0.717) is 23.4 Å². The third-order valence-electron chi connectivity index (χ3n) is 3.23. The number of hydrogen-bond donors (Lipinski definition) is 0. The maximum absolute atomic E-state index is 11.7. The van der Waals surface area contributed by atoms with Crippen molar-refractivity contribution in [3.05, 3.63) is 59.1 Å². The van der Waals surface area contributed by atoms with Crippen molar-refractivity contribution >= 4 is 17.3 Å². The van der Waals surface area contributed by atoms with Gasteiger partial charge in [-0.2, -0.15) is 10.4 Å². The number of esters is 1. The molecule has 0 saturated carbocycles. The zero-order valence-electron chi connectivity index (χ0n) is 12.4. The van der Waals surface area contributed by atoms with Crippen LogP contribution in [-0.4, -0.2) is 22.4 Å². The zero-order chi connectivity index (χ0) is 16.2. The van der Waals surface area contributed by atoms with Crippen LogP contribution in [0.15, 0.2) is 48.0 Å². The lowest BCUT2D eigenvalue weighted by molar-refractivity contribution is 0.0526. The highest BCUT2D eigenvalue weighted by Crippen LogP contribution is 2.27. The van der Waals surface area contributed by atoms with Crippen LogP contribution in [0.25, 0.3) is 16.3 Å². The Morgan fingerprint density at radius 2 is 2.13 bits per heavy atom. The first kappa shape index (κ1) is 15.0. The predicted octanol–water partition coefficient (Wildman–Crippen LogP) is 3.65. The molecule has 0 aliphatic carbocycles. The van der Waals surface area contributed by atoms with Crippen molar-refractivity contribution in [2.24, 2.45) is 0 Å². The van der Waals surface area contributed by atoms with Crippen LogP contribution < -0.4 is 0 Å². The van der Waals surface area contributed by atoms with E-state index in [0.717, 1.165) is 10.6 Å². The second-order valence-corrected chi connectivity index (χ2v) is 5.64. The molecule has 0 spiro atoms. The van der Waals surface area contributed by atoms with E-state index in [1.807, 2.05) is 17.5 Å². The Hall–Kier alpha value is -2.91. The molecule has 3 aromatic rings. The van der Waals surface area contributed by atoms with Crippen molar-refractivity contribution < 1.29 is 9.53 Å². The van der Waals surface area contributed by atoms with Gasteiger partial charge in [0, 0.05) is 6.20 Å². The highest BCUT2D eigenvalue weighted by molar-refractivity contribution is 7.13. The summed E-state index contributed by atoms with van der Waals surface area (Å²) in [7, 11) is 0. The SMILES string of the molecule is CCOC(=O)c1ccc(-n2cc(C#N)c(-c3cccs3)n2)cc1. The molecule has 0 atom stereocenters. The van der Waals surface area contributed by atoms with Crippen LogP contribution in [0.2, 0.25) is 0 Å². The molecule has 0 saturated heterocycles. The Bertz CT molecular complexity index is 858. The number of aromatic nitrogens is 2. The van der Waals surface area contributed by atoms with Crippen molar-refractivity contribution in [1.82, 2.24) is 9.78 Å². The smallest absolute Gasteiger partial charge is 0.338 e. The molecular formula is C17H13N3O2S. The molecule has 114 valence electrons. The topological polar surface area (TPSA) is 67.9 Å². The van der Waals surface area contributed by atoms with Gasteiger partial charge >= 0.3 is 5.97 Å². The van der Waals surface area contributed by atoms with Gasteiger partial charge in [-0.25, -0.2) is 9.48 Å². The van der Waals surface area contributed by atoms with E-state index in [1.54, 1.807) is 42.1 Å². The number of ether oxygens (including phenoxy) is 1. The van der Waals surface area contributed by atoms with E-state index in [-0.39, 0.29) is 5.97 Å². The molecular weight excluding hydrogens is 310 g/mol. The quantitative estimate of drug-likeness (QED) is 0.687. The first-order valence-corrected chi connectivity index (χ1v) is 7.92. The number of nitrogens with zero attached hydrogens (tertiary/aromatic N) is 3. The van der Waals surface area contributed by atoms with Crippen LogP contribution in [0.1, 0.15) is 22.8 Å². The van der Waals surface area contributed by atoms with Gasteiger partial charge in [-0.1, -0.05) is 6.07 Å². The van der Waals surface area contributed by atoms with Crippen LogP contribution in [0, 0.1) is 11.3 Å². The third kappa shape index (κ3) is 3.00. The minimum Gasteiger partial charge on any atom is -0.462 e. The van der Waals surface area contributed by atoms with Crippen LogP contribution in [0.3, 0.4) is 0 Å². The number of benzene rings is 1. The highest BCUT2D eigenvalue weighted by Gasteiger charge is 2.13. The first-order chi connectivity index (χ1) is 11.2. The molecule has 0 amide bonds. The Balaban J connectivity index is 1.94. The minimum atomic E-state index is -0.350. The normalized spacial score (nSPS) is 10.3. The molecule has 0 N–H and O–H groups in total. The fourth-order valence-corrected chi connectivity index (χ4v) is 2.87. The van der Waals surface area contributed by atoms with Gasteiger partial charge in [0.05, 0.1) is 28.3 Å². The molecule has 0 radical (unpaired) electrons. The van der Waals surface area contributed by atoms with Gasteiger partial charge in [0.25, 0.3) is 0 Å². The number of hydrogen-bond acceptors (Lipinski definition) is 5. The fraction of sp³-hybridized carbons (Fsp3) is 0.118. The van der Waals surface area contributed by atoms with Crippen molar-refractivity contribution in [3.63, 3.8) is 0 Å². The molecule has 0 aliphatic heterocycles. The van der Waals surface area contributed by atoms with E-state index in [4.69, 9.17) is 4.74 Å². The predicted molar refractivity (Wildman–Crippen MR) is 87.5 cm³/mol. The van der Waals surface area contributed by atoms with Crippen LogP contribution in [0.4, 0.5) is 0 Å². The van der Waals surface area contributed by atoms with Crippen LogP contribution in [0.5, 0.6) is 0 Å². The summed E-state index contributed by atoms with van der Waals surface area (Å²) in [5.74, 6) is -0.350. The van der Waals surface area contributed by atoms with Gasteiger partial charge in [0.2, 0.25) is 0 Å². The average molecular weight is 323 g/mol. The van der Waals surface area contributed by atoms with E-state index >= 15 is 0 Å². The van der Waals surface area contributed by atoms with E-state index in [1.165, 1.54) is 11.3 Å². The molecule has 0 aliphatic rings. The van der Waals surface area contributed by atoms with Gasteiger partial charge in [-0.05, 0) is 42.6 Å². The van der Waals surface area contributed by atoms with Crippen LogP contribution >= 0.6 is 11.3 Å². The molecule has 2 aromatic heterocycles. The standard InChI is InChI=1S/C17H13N3O2S/c1-2-22-17(21)12-5-7-14(8-6-12)20-11-13(10-18)16(19-20)15-4-3-9-23-15/h3-9,11H,2H2,1H3. The number of thiophene rings is 1. The highest BCUT2D eigenvalue weighted by atomic mass is 32.1. The molecule has 23 heavy (non-hydrogen) atoms. The van der Waals surface area contributed by atoms with E-state index in [2.05, 4.69) is 11.2 Å². The lowest BCUT2D eigenvalue weighted by Crippen LogP contribution is -2.04. The minimum absolute atomic E-state index is 0.343. The summed E-state index contributed by atoms with van der Waals surface area (Å²) in [4.78, 5) is 12.6. The first-order valence-electron chi connectivity index (χ1n) is 7.04. The second-order valence-electron chi connectivity index (χ2n) is 4.69. The summed E-state index contributed by atoms with van der Waals surface area (Å²) >= 11 is 1.54. The van der Waals surface area contributed by atoms with E-state index in [9.17, 15) is 10.1 Å². The Morgan fingerprint density at radius 3 is 2.74 bits per heavy atom. The molecule has 3 rings (SSSR count). The summed E-state index contributed by atoms with van der Waals surface area (Å²) in [6.45, 7) is 2.11. The van der Waals surface area contributed by atoms with Crippen LogP contribution in [-0.2, 0) is 4.74 Å². The third-order valence-corrected chi connectivity index (χ3v) is 4.11. The Labute approximate surface area is 137 Å². The average Bonchev–Trinajstić information content (AvgIpc) is 3.24.